The predicted octanol–water partition coefficient (Wildman–Crippen LogP) is 1.37. The van der Waals surface area contributed by atoms with Gasteiger partial charge in [0.05, 0.1) is 26.1 Å². The van der Waals surface area contributed by atoms with E-state index < -0.39 is 0 Å². The fraction of sp³-hybridized carbons (Fsp3) is 0.312. The second-order valence-corrected chi connectivity index (χ2v) is 5.15. The first kappa shape index (κ1) is 17.3. The van der Waals surface area contributed by atoms with Crippen molar-refractivity contribution in [3.8, 4) is 17.2 Å². The van der Waals surface area contributed by atoms with Gasteiger partial charge in [-0.25, -0.2) is 5.43 Å². The highest BCUT2D eigenvalue weighted by molar-refractivity contribution is 5.84. The lowest BCUT2D eigenvalue weighted by atomic mass is 10.2. The molecule has 1 aromatic heterocycles. The first-order valence-corrected chi connectivity index (χ1v) is 7.22. The molecule has 0 unspecified atom stereocenters. The number of phenolic OH excluding ortho intramolecular Hbond substituents is 1. The molecule has 0 spiro atoms. The number of aromatic hydroxyl groups is 1. The van der Waals surface area contributed by atoms with Crippen LogP contribution >= 0.6 is 0 Å². The number of nitrogens with zero attached hydrogens (tertiary/aromatic N) is 3. The van der Waals surface area contributed by atoms with Gasteiger partial charge in [-0.15, -0.1) is 0 Å². The lowest BCUT2D eigenvalue weighted by molar-refractivity contribution is -0.121. The lowest BCUT2D eigenvalue weighted by Gasteiger charge is -2.09. The van der Waals surface area contributed by atoms with Crippen molar-refractivity contribution < 1.29 is 19.4 Å². The van der Waals surface area contributed by atoms with Crippen LogP contribution in [0.15, 0.2) is 23.3 Å². The highest BCUT2D eigenvalue weighted by Gasteiger charge is 2.10. The zero-order valence-electron chi connectivity index (χ0n) is 14.0. The van der Waals surface area contributed by atoms with Gasteiger partial charge in [0, 0.05) is 11.3 Å². The van der Waals surface area contributed by atoms with Gasteiger partial charge in [-0.05, 0) is 32.0 Å². The van der Waals surface area contributed by atoms with Crippen molar-refractivity contribution in [2.24, 2.45) is 5.10 Å². The second-order valence-electron chi connectivity index (χ2n) is 5.15. The van der Waals surface area contributed by atoms with E-state index in [-0.39, 0.29) is 29.7 Å². The Balaban J connectivity index is 2.03. The van der Waals surface area contributed by atoms with Gasteiger partial charge in [-0.2, -0.15) is 10.2 Å². The van der Waals surface area contributed by atoms with E-state index in [1.165, 1.54) is 20.4 Å². The normalized spacial score (nSPS) is 10.8. The largest absolute Gasteiger partial charge is 0.502 e. The van der Waals surface area contributed by atoms with Crippen LogP contribution in [0, 0.1) is 13.8 Å². The van der Waals surface area contributed by atoms with Crippen LogP contribution in [-0.2, 0) is 11.3 Å². The zero-order chi connectivity index (χ0) is 17.7. The summed E-state index contributed by atoms with van der Waals surface area (Å²) >= 11 is 0. The Morgan fingerprint density at radius 3 is 2.42 bits per heavy atom. The van der Waals surface area contributed by atoms with Gasteiger partial charge in [-0.3, -0.25) is 9.48 Å². The fourth-order valence-corrected chi connectivity index (χ4v) is 2.17. The third kappa shape index (κ3) is 4.03. The summed E-state index contributed by atoms with van der Waals surface area (Å²) in [6.45, 7) is 3.83. The van der Waals surface area contributed by atoms with Crippen LogP contribution in [0.3, 0.4) is 0 Å². The summed E-state index contributed by atoms with van der Waals surface area (Å²) in [6, 6.07) is 5.05. The van der Waals surface area contributed by atoms with Crippen molar-refractivity contribution in [3.05, 3.63) is 35.2 Å². The number of methoxy groups -OCH3 is 2. The number of hydrogen-bond acceptors (Lipinski definition) is 6. The van der Waals surface area contributed by atoms with Crippen LogP contribution in [0.2, 0.25) is 0 Å². The molecular formula is C16H20N4O4. The number of hydrogen-bond donors (Lipinski definition) is 2. The number of phenols is 1. The molecule has 0 fully saturated rings. The summed E-state index contributed by atoms with van der Waals surface area (Å²) < 4.78 is 11.7. The molecule has 8 heteroatoms. The molecule has 0 radical (unpaired) electrons. The number of amides is 1. The number of hydrazone groups is 1. The second kappa shape index (κ2) is 7.49. The van der Waals surface area contributed by atoms with Crippen molar-refractivity contribution in [2.75, 3.05) is 14.2 Å². The van der Waals surface area contributed by atoms with Gasteiger partial charge in [0.1, 0.15) is 6.54 Å². The maximum absolute atomic E-state index is 11.9. The number of benzene rings is 1. The molecule has 128 valence electrons. The molecule has 0 atom stereocenters. The number of nitrogens with one attached hydrogen (secondary N) is 1. The number of carbonyl (C=O) groups excluding carboxylic acids is 1. The van der Waals surface area contributed by atoms with Crippen molar-refractivity contribution in [2.45, 2.75) is 20.4 Å². The van der Waals surface area contributed by atoms with Gasteiger partial charge >= 0.3 is 0 Å². The molecule has 2 N–H and O–H groups in total. The molecule has 0 saturated heterocycles. The summed E-state index contributed by atoms with van der Waals surface area (Å²) in [7, 11) is 2.87. The number of aromatic nitrogens is 2. The molecule has 0 saturated carbocycles. The predicted molar refractivity (Wildman–Crippen MR) is 88.6 cm³/mol. The molecule has 24 heavy (non-hydrogen) atoms. The molecule has 8 nitrogen and oxygen atoms in total. The summed E-state index contributed by atoms with van der Waals surface area (Å²) in [6.07, 6.45) is 1.43. The molecule has 2 aromatic rings. The van der Waals surface area contributed by atoms with Crippen LogP contribution in [0.1, 0.15) is 17.0 Å². The van der Waals surface area contributed by atoms with E-state index in [1.54, 1.807) is 16.8 Å². The summed E-state index contributed by atoms with van der Waals surface area (Å²) in [5.41, 5.74) is 4.79. The Labute approximate surface area is 139 Å². The molecule has 0 aliphatic carbocycles. The van der Waals surface area contributed by atoms with Crippen molar-refractivity contribution in [1.29, 1.82) is 0 Å². The number of aryl methyl sites for hydroxylation is 2. The van der Waals surface area contributed by atoms with E-state index in [9.17, 15) is 9.90 Å². The van der Waals surface area contributed by atoms with Gasteiger partial charge < -0.3 is 14.6 Å². The quantitative estimate of drug-likeness (QED) is 0.615. The van der Waals surface area contributed by atoms with Crippen LogP contribution in [0.5, 0.6) is 17.2 Å². The van der Waals surface area contributed by atoms with Crippen molar-refractivity contribution in [1.82, 2.24) is 15.2 Å². The molecular weight excluding hydrogens is 312 g/mol. The van der Waals surface area contributed by atoms with Crippen molar-refractivity contribution >= 4 is 12.1 Å². The van der Waals surface area contributed by atoms with Crippen LogP contribution < -0.4 is 14.9 Å². The topological polar surface area (TPSA) is 98.0 Å². The summed E-state index contributed by atoms with van der Waals surface area (Å²) in [4.78, 5) is 11.9. The Kier molecular flexibility index (Phi) is 5.41. The molecule has 0 aliphatic rings. The van der Waals surface area contributed by atoms with Gasteiger partial charge in [0.2, 0.25) is 5.75 Å². The molecule has 1 heterocycles. The molecule has 0 aliphatic heterocycles. The highest BCUT2D eigenvalue weighted by atomic mass is 16.5. The van der Waals surface area contributed by atoms with E-state index in [4.69, 9.17) is 9.47 Å². The minimum atomic E-state index is -0.296. The summed E-state index contributed by atoms with van der Waals surface area (Å²) in [5, 5.41) is 18.0. The van der Waals surface area contributed by atoms with Crippen molar-refractivity contribution in [3.63, 3.8) is 0 Å². The van der Waals surface area contributed by atoms with Gasteiger partial charge in [0.15, 0.2) is 11.5 Å². The van der Waals surface area contributed by atoms with Crippen LogP contribution in [0.25, 0.3) is 0 Å². The Hall–Kier alpha value is -3.03. The molecule has 0 bridgehead atoms. The van der Waals surface area contributed by atoms with Gasteiger partial charge in [-0.1, -0.05) is 0 Å². The average Bonchev–Trinajstić information content (AvgIpc) is 2.86. The van der Waals surface area contributed by atoms with E-state index >= 15 is 0 Å². The smallest absolute Gasteiger partial charge is 0.261 e. The molecule has 1 amide bonds. The monoisotopic (exact) mass is 332 g/mol. The highest BCUT2D eigenvalue weighted by Crippen LogP contribution is 2.36. The lowest BCUT2D eigenvalue weighted by Crippen LogP contribution is -2.24. The zero-order valence-corrected chi connectivity index (χ0v) is 14.0. The minimum absolute atomic E-state index is 0.0826. The Morgan fingerprint density at radius 2 is 1.92 bits per heavy atom. The number of rotatable bonds is 6. The third-order valence-corrected chi connectivity index (χ3v) is 3.30. The average molecular weight is 332 g/mol. The number of carbonyl (C=O) groups is 1. The maximum Gasteiger partial charge on any atom is 0.261 e. The third-order valence-electron chi connectivity index (χ3n) is 3.30. The molecule has 1 aromatic carbocycles. The first-order valence-electron chi connectivity index (χ1n) is 7.22. The standard InChI is InChI=1S/C16H20N4O4/c1-10-5-11(2)20(19-10)9-15(21)18-17-8-12-6-13(23-3)16(22)14(7-12)24-4/h5-8,22H,9H2,1-4H3,(H,18,21)/b17-8+. The van der Waals surface area contributed by atoms with E-state index in [1.807, 2.05) is 19.9 Å². The fourth-order valence-electron chi connectivity index (χ4n) is 2.17. The van der Waals surface area contributed by atoms with Gasteiger partial charge in [0.25, 0.3) is 5.91 Å². The van der Waals surface area contributed by atoms with E-state index in [0.29, 0.717) is 5.56 Å². The first-order chi connectivity index (χ1) is 11.4. The maximum atomic E-state index is 11.9. The van der Waals surface area contributed by atoms with Crippen LogP contribution in [0.4, 0.5) is 0 Å². The SMILES string of the molecule is COc1cc(/C=N/NC(=O)Cn2nc(C)cc2C)cc(OC)c1O. The van der Waals surface area contributed by atoms with E-state index in [2.05, 4.69) is 15.6 Å². The Morgan fingerprint density at radius 1 is 1.29 bits per heavy atom. The van der Waals surface area contributed by atoms with E-state index in [0.717, 1.165) is 11.4 Å². The van der Waals surface area contributed by atoms with Crippen LogP contribution in [-0.4, -0.2) is 41.2 Å². The Bertz CT molecular complexity index is 742. The molecule has 2 rings (SSSR count). The number of ether oxygens (including phenoxy) is 2. The summed E-state index contributed by atoms with van der Waals surface area (Å²) in [5.74, 6) is 0.121. The minimum Gasteiger partial charge on any atom is -0.502 e.